The largest absolute Gasteiger partial charge is 0.491 e. The molecule has 0 saturated heterocycles. The Bertz CT molecular complexity index is 1360. The highest BCUT2D eigenvalue weighted by Gasteiger charge is 2.21. The van der Waals surface area contributed by atoms with Gasteiger partial charge in [-0.15, -0.1) is 0 Å². The van der Waals surface area contributed by atoms with Gasteiger partial charge in [-0.3, -0.25) is 9.59 Å². The average molecular weight is 504 g/mol. The van der Waals surface area contributed by atoms with Gasteiger partial charge in [-0.25, -0.2) is 0 Å². The molecule has 0 saturated carbocycles. The molecule has 0 spiro atoms. The molecule has 36 heavy (non-hydrogen) atoms. The normalized spacial score (nSPS) is 10.6. The molecule has 6 nitrogen and oxygen atoms in total. The van der Waals surface area contributed by atoms with Gasteiger partial charge in [0.25, 0.3) is 5.91 Å². The van der Waals surface area contributed by atoms with Gasteiger partial charge in [0.1, 0.15) is 18.1 Å². The minimum atomic E-state index is -0.412. The number of para-hydroxylation sites is 1. The molecule has 0 heterocycles. The first kappa shape index (κ1) is 25.1. The molecule has 0 radical (unpaired) electrons. The lowest BCUT2D eigenvalue weighted by Crippen LogP contribution is -2.16. The maximum atomic E-state index is 13.5. The van der Waals surface area contributed by atoms with E-state index in [2.05, 4.69) is 5.32 Å². The first-order valence-electron chi connectivity index (χ1n) is 11.6. The van der Waals surface area contributed by atoms with Crippen molar-refractivity contribution in [2.45, 2.75) is 20.0 Å². The number of hydrogen-bond donors (Lipinski definition) is 1. The zero-order valence-corrected chi connectivity index (χ0v) is 20.6. The van der Waals surface area contributed by atoms with Crippen LogP contribution in [0.25, 0.3) is 10.8 Å². The van der Waals surface area contributed by atoms with Crippen LogP contribution in [-0.2, 0) is 16.1 Å². The quantitative estimate of drug-likeness (QED) is 0.245. The van der Waals surface area contributed by atoms with E-state index in [0.29, 0.717) is 40.8 Å². The average Bonchev–Trinajstić information content (AvgIpc) is 2.90. The van der Waals surface area contributed by atoms with Crippen LogP contribution < -0.4 is 14.8 Å². The van der Waals surface area contributed by atoms with E-state index in [1.807, 2.05) is 54.6 Å². The summed E-state index contributed by atoms with van der Waals surface area (Å²) in [6, 6.07) is 25.9. The van der Waals surface area contributed by atoms with Crippen molar-refractivity contribution in [1.29, 1.82) is 0 Å². The fourth-order valence-electron chi connectivity index (χ4n) is 3.72. The number of fused-ring (bicyclic) bond motifs is 1. The van der Waals surface area contributed by atoms with Crippen LogP contribution in [-0.4, -0.2) is 25.1 Å². The molecule has 1 amide bonds. The summed E-state index contributed by atoms with van der Waals surface area (Å²) in [4.78, 5) is 25.3. The lowest BCUT2D eigenvalue weighted by Gasteiger charge is -2.18. The fourth-order valence-corrected chi connectivity index (χ4v) is 3.90. The van der Waals surface area contributed by atoms with Crippen LogP contribution in [0, 0.1) is 0 Å². The van der Waals surface area contributed by atoms with Gasteiger partial charge in [-0.2, -0.15) is 0 Å². The van der Waals surface area contributed by atoms with Crippen LogP contribution >= 0.6 is 11.6 Å². The van der Waals surface area contributed by atoms with Crippen molar-refractivity contribution in [1.82, 2.24) is 0 Å². The molecule has 4 aromatic rings. The summed E-state index contributed by atoms with van der Waals surface area (Å²) in [6.07, 6.45) is 0.0556. The summed E-state index contributed by atoms with van der Waals surface area (Å²) in [5.41, 5.74) is 1.74. The van der Waals surface area contributed by atoms with E-state index >= 15 is 0 Å². The maximum absolute atomic E-state index is 13.5. The minimum absolute atomic E-state index is 0.0550. The van der Waals surface area contributed by atoms with Crippen molar-refractivity contribution in [2.24, 2.45) is 0 Å². The second-order valence-electron chi connectivity index (χ2n) is 7.91. The third kappa shape index (κ3) is 6.15. The summed E-state index contributed by atoms with van der Waals surface area (Å²) >= 11 is 6.27. The van der Waals surface area contributed by atoms with E-state index < -0.39 is 5.91 Å². The monoisotopic (exact) mass is 503 g/mol. The highest BCUT2D eigenvalue weighted by atomic mass is 35.5. The van der Waals surface area contributed by atoms with Crippen molar-refractivity contribution in [2.75, 3.05) is 18.5 Å². The number of halogens is 1. The summed E-state index contributed by atoms with van der Waals surface area (Å²) in [7, 11) is 0. The number of ether oxygens (including phenoxy) is 3. The lowest BCUT2D eigenvalue weighted by molar-refractivity contribution is -0.143. The molecular weight excluding hydrogens is 478 g/mol. The molecule has 184 valence electrons. The number of esters is 1. The second-order valence-corrected chi connectivity index (χ2v) is 8.32. The molecule has 0 fully saturated rings. The van der Waals surface area contributed by atoms with E-state index in [1.165, 1.54) is 0 Å². The van der Waals surface area contributed by atoms with Gasteiger partial charge in [0.15, 0.2) is 0 Å². The summed E-state index contributed by atoms with van der Waals surface area (Å²) < 4.78 is 17.2. The number of carbonyl (C=O) groups excluding carboxylic acids is 2. The number of anilines is 1. The molecular formula is C29H26ClNO5. The first-order chi connectivity index (χ1) is 17.6. The molecule has 4 aromatic carbocycles. The van der Waals surface area contributed by atoms with Crippen molar-refractivity contribution in [3.05, 3.63) is 101 Å². The predicted octanol–water partition coefficient (Wildman–Crippen LogP) is 6.66. The van der Waals surface area contributed by atoms with Crippen molar-refractivity contribution >= 4 is 39.9 Å². The van der Waals surface area contributed by atoms with Gasteiger partial charge in [-0.05, 0) is 30.7 Å². The number of benzene rings is 4. The zero-order chi connectivity index (χ0) is 25.3. The van der Waals surface area contributed by atoms with Crippen LogP contribution in [0.2, 0.25) is 5.02 Å². The Hall–Kier alpha value is -4.03. The van der Waals surface area contributed by atoms with E-state index in [9.17, 15) is 9.59 Å². The molecule has 0 unspecified atom stereocenters. The Morgan fingerprint density at radius 1 is 0.861 bits per heavy atom. The van der Waals surface area contributed by atoms with Crippen molar-refractivity contribution in [3.63, 3.8) is 0 Å². The SMILES string of the molecule is CCOC(=O)CCOc1c(C(=O)Nc2ccccc2Cl)cc(OCc2ccccc2)c2ccccc12. The highest BCUT2D eigenvalue weighted by molar-refractivity contribution is 6.34. The Balaban J connectivity index is 1.71. The topological polar surface area (TPSA) is 73.9 Å². The molecule has 0 aromatic heterocycles. The number of carbonyl (C=O) groups is 2. The molecule has 1 N–H and O–H groups in total. The van der Waals surface area contributed by atoms with Gasteiger partial charge in [0.05, 0.1) is 35.9 Å². The van der Waals surface area contributed by atoms with Crippen LogP contribution in [0.15, 0.2) is 84.9 Å². The Morgan fingerprint density at radius 2 is 1.56 bits per heavy atom. The third-order valence-electron chi connectivity index (χ3n) is 5.42. The van der Waals surface area contributed by atoms with Gasteiger partial charge in [0, 0.05) is 10.8 Å². The van der Waals surface area contributed by atoms with E-state index in [4.69, 9.17) is 25.8 Å². The number of nitrogens with one attached hydrogen (secondary N) is 1. The molecule has 7 heteroatoms. The van der Waals surface area contributed by atoms with Crippen molar-refractivity contribution in [3.8, 4) is 11.5 Å². The summed E-state index contributed by atoms with van der Waals surface area (Å²) in [5.74, 6) is 0.110. The van der Waals surface area contributed by atoms with Gasteiger partial charge < -0.3 is 19.5 Å². The van der Waals surface area contributed by atoms with E-state index in [-0.39, 0.29) is 24.6 Å². The predicted molar refractivity (Wildman–Crippen MR) is 141 cm³/mol. The number of amides is 1. The fraction of sp³-hybridized carbons (Fsp3) is 0.172. The summed E-state index contributed by atoms with van der Waals surface area (Å²) in [6.45, 7) is 2.43. The standard InChI is InChI=1S/C29H26ClNO5/c1-2-34-27(32)16-17-35-28-22-13-7-6-12-21(22)26(36-19-20-10-4-3-5-11-20)18-23(28)29(33)31-25-15-9-8-14-24(25)30/h3-15,18H,2,16-17,19H2,1H3,(H,31,33). The third-order valence-corrected chi connectivity index (χ3v) is 5.75. The minimum Gasteiger partial charge on any atom is -0.491 e. The van der Waals surface area contributed by atoms with E-state index in [1.54, 1.807) is 37.3 Å². The smallest absolute Gasteiger partial charge is 0.309 e. The van der Waals surface area contributed by atoms with Gasteiger partial charge >= 0.3 is 5.97 Å². The van der Waals surface area contributed by atoms with Crippen LogP contribution in [0.1, 0.15) is 29.3 Å². The molecule has 0 bridgehead atoms. The second kappa shape index (κ2) is 12.1. The molecule has 0 aliphatic rings. The number of hydrogen-bond acceptors (Lipinski definition) is 5. The van der Waals surface area contributed by atoms with Crippen molar-refractivity contribution < 1.29 is 23.8 Å². The van der Waals surface area contributed by atoms with Crippen LogP contribution in [0.4, 0.5) is 5.69 Å². The highest BCUT2D eigenvalue weighted by Crippen LogP contribution is 2.38. The number of rotatable bonds is 10. The van der Waals surface area contributed by atoms with Crippen LogP contribution in [0.5, 0.6) is 11.5 Å². The van der Waals surface area contributed by atoms with Gasteiger partial charge in [0.2, 0.25) is 0 Å². The summed E-state index contributed by atoms with van der Waals surface area (Å²) in [5, 5.41) is 4.74. The molecule has 0 atom stereocenters. The lowest BCUT2D eigenvalue weighted by atomic mass is 10.0. The molecule has 0 aliphatic heterocycles. The van der Waals surface area contributed by atoms with E-state index in [0.717, 1.165) is 10.9 Å². The Morgan fingerprint density at radius 3 is 2.31 bits per heavy atom. The Labute approximate surface area is 214 Å². The van der Waals surface area contributed by atoms with Crippen LogP contribution in [0.3, 0.4) is 0 Å². The first-order valence-corrected chi connectivity index (χ1v) is 12.0. The Kier molecular flexibility index (Phi) is 8.42. The molecule has 4 rings (SSSR count). The maximum Gasteiger partial charge on any atom is 0.309 e. The van der Waals surface area contributed by atoms with Gasteiger partial charge in [-0.1, -0.05) is 78.3 Å². The molecule has 0 aliphatic carbocycles. The zero-order valence-electron chi connectivity index (χ0n) is 19.8.